The molecular weight excluding hydrogens is 218 g/mol. The van der Waals surface area contributed by atoms with Crippen molar-refractivity contribution in [2.45, 2.75) is 19.9 Å². The highest BCUT2D eigenvalue weighted by Crippen LogP contribution is 2.08. The average Bonchev–Trinajstić information content (AvgIpc) is 2.37. The number of pyridine rings is 1. The van der Waals surface area contributed by atoms with Crippen molar-refractivity contribution in [1.82, 2.24) is 9.88 Å². The van der Waals surface area contributed by atoms with Crippen LogP contribution in [0.1, 0.15) is 24.2 Å². The number of anilines is 1. The van der Waals surface area contributed by atoms with Crippen LogP contribution in [0.2, 0.25) is 0 Å². The van der Waals surface area contributed by atoms with Crippen molar-refractivity contribution in [3.63, 3.8) is 0 Å². The summed E-state index contributed by atoms with van der Waals surface area (Å²) in [7, 11) is 1.67. The molecule has 0 aliphatic carbocycles. The van der Waals surface area contributed by atoms with Gasteiger partial charge in [0.1, 0.15) is 5.82 Å². The first-order valence-electron chi connectivity index (χ1n) is 5.68. The molecule has 1 aromatic heterocycles. The van der Waals surface area contributed by atoms with Gasteiger partial charge < -0.3 is 15.3 Å². The Morgan fingerprint density at radius 3 is 2.76 bits per heavy atom. The van der Waals surface area contributed by atoms with Gasteiger partial charge in [0.05, 0.1) is 18.2 Å². The third-order valence-electron chi connectivity index (χ3n) is 2.61. The van der Waals surface area contributed by atoms with Crippen LogP contribution in [0.25, 0.3) is 0 Å². The minimum Gasteiger partial charge on any atom is -0.394 e. The van der Waals surface area contributed by atoms with E-state index in [-0.39, 0.29) is 18.6 Å². The van der Waals surface area contributed by atoms with Crippen molar-refractivity contribution in [3.8, 4) is 0 Å². The number of amides is 1. The number of hydrogen-bond donors (Lipinski definition) is 2. The second-order valence-electron chi connectivity index (χ2n) is 3.91. The van der Waals surface area contributed by atoms with Crippen LogP contribution in [0.4, 0.5) is 5.82 Å². The first-order valence-corrected chi connectivity index (χ1v) is 5.68. The van der Waals surface area contributed by atoms with E-state index in [1.54, 1.807) is 32.3 Å². The summed E-state index contributed by atoms with van der Waals surface area (Å²) in [6.07, 6.45) is 1.54. The van der Waals surface area contributed by atoms with Gasteiger partial charge in [0.15, 0.2) is 0 Å². The zero-order chi connectivity index (χ0) is 12.8. The van der Waals surface area contributed by atoms with Gasteiger partial charge in [-0.05, 0) is 26.0 Å². The van der Waals surface area contributed by atoms with Gasteiger partial charge in [0, 0.05) is 19.8 Å². The van der Waals surface area contributed by atoms with E-state index in [1.165, 1.54) is 4.90 Å². The van der Waals surface area contributed by atoms with Gasteiger partial charge in [0.2, 0.25) is 0 Å². The van der Waals surface area contributed by atoms with E-state index >= 15 is 0 Å². The summed E-state index contributed by atoms with van der Waals surface area (Å²) in [5.41, 5.74) is 0.523. The fraction of sp³-hybridized carbons (Fsp3) is 0.500. The number of nitrogens with one attached hydrogen (secondary N) is 1. The standard InChI is InChI=1S/C12H19N3O2/c1-4-13-11-6-5-10(7-14-11)12(17)15(3)9(2)8-16/h5-7,9,16H,4,8H2,1-3H3,(H,13,14). The molecule has 0 radical (unpaired) electrons. The van der Waals surface area contributed by atoms with Crippen molar-refractivity contribution in [1.29, 1.82) is 0 Å². The Morgan fingerprint density at radius 1 is 1.59 bits per heavy atom. The zero-order valence-corrected chi connectivity index (χ0v) is 10.5. The van der Waals surface area contributed by atoms with Gasteiger partial charge in [-0.2, -0.15) is 0 Å². The monoisotopic (exact) mass is 237 g/mol. The number of rotatable bonds is 5. The van der Waals surface area contributed by atoms with E-state index in [2.05, 4.69) is 10.3 Å². The molecule has 2 N–H and O–H groups in total. The number of likely N-dealkylation sites (N-methyl/N-ethyl adjacent to an activating group) is 1. The van der Waals surface area contributed by atoms with Crippen LogP contribution in [0.3, 0.4) is 0 Å². The van der Waals surface area contributed by atoms with E-state index in [0.717, 1.165) is 12.4 Å². The lowest BCUT2D eigenvalue weighted by Crippen LogP contribution is -2.37. The van der Waals surface area contributed by atoms with Crippen molar-refractivity contribution in [2.24, 2.45) is 0 Å². The van der Waals surface area contributed by atoms with Crippen LogP contribution < -0.4 is 5.32 Å². The summed E-state index contributed by atoms with van der Waals surface area (Å²) in [5, 5.41) is 12.1. The van der Waals surface area contributed by atoms with E-state index in [0.29, 0.717) is 5.56 Å². The first kappa shape index (κ1) is 13.4. The van der Waals surface area contributed by atoms with Crippen molar-refractivity contribution in [2.75, 3.05) is 25.5 Å². The molecule has 0 saturated carbocycles. The minimum absolute atomic E-state index is 0.0505. The lowest BCUT2D eigenvalue weighted by atomic mass is 10.2. The van der Waals surface area contributed by atoms with E-state index < -0.39 is 0 Å². The summed E-state index contributed by atoms with van der Waals surface area (Å²) >= 11 is 0. The largest absolute Gasteiger partial charge is 0.394 e. The number of carbonyl (C=O) groups is 1. The van der Waals surface area contributed by atoms with E-state index in [4.69, 9.17) is 5.11 Å². The topological polar surface area (TPSA) is 65.5 Å². The number of hydrogen-bond acceptors (Lipinski definition) is 4. The normalized spacial score (nSPS) is 12.0. The van der Waals surface area contributed by atoms with Crippen LogP contribution >= 0.6 is 0 Å². The molecule has 0 fully saturated rings. The molecule has 0 aliphatic rings. The number of aliphatic hydroxyl groups excluding tert-OH is 1. The molecule has 5 nitrogen and oxygen atoms in total. The summed E-state index contributed by atoms with van der Waals surface area (Å²) < 4.78 is 0. The molecule has 5 heteroatoms. The Kier molecular flexibility index (Phi) is 4.90. The van der Waals surface area contributed by atoms with E-state index in [1.807, 2.05) is 6.92 Å². The molecule has 1 aromatic rings. The first-order chi connectivity index (χ1) is 8.10. The van der Waals surface area contributed by atoms with Gasteiger partial charge in [-0.3, -0.25) is 4.79 Å². The Bertz CT molecular complexity index is 365. The maximum absolute atomic E-state index is 12.0. The molecule has 1 atom stereocenters. The van der Waals surface area contributed by atoms with Crippen LogP contribution in [-0.4, -0.2) is 47.1 Å². The van der Waals surface area contributed by atoms with Gasteiger partial charge in [-0.15, -0.1) is 0 Å². The lowest BCUT2D eigenvalue weighted by Gasteiger charge is -2.23. The summed E-state index contributed by atoms with van der Waals surface area (Å²) in [5.74, 6) is 0.615. The summed E-state index contributed by atoms with van der Waals surface area (Å²) in [4.78, 5) is 17.6. The van der Waals surface area contributed by atoms with Gasteiger partial charge >= 0.3 is 0 Å². The molecule has 0 saturated heterocycles. The highest BCUT2D eigenvalue weighted by molar-refractivity contribution is 5.94. The zero-order valence-electron chi connectivity index (χ0n) is 10.5. The average molecular weight is 237 g/mol. The minimum atomic E-state index is -0.198. The Labute approximate surface area is 101 Å². The maximum Gasteiger partial charge on any atom is 0.255 e. The number of aliphatic hydroxyl groups is 1. The fourth-order valence-corrected chi connectivity index (χ4v) is 1.33. The molecule has 1 rings (SSSR count). The highest BCUT2D eigenvalue weighted by atomic mass is 16.3. The fourth-order valence-electron chi connectivity index (χ4n) is 1.33. The molecule has 1 heterocycles. The Hall–Kier alpha value is -1.62. The smallest absolute Gasteiger partial charge is 0.255 e. The second kappa shape index (κ2) is 6.20. The van der Waals surface area contributed by atoms with Crippen molar-refractivity contribution < 1.29 is 9.90 Å². The van der Waals surface area contributed by atoms with Crippen LogP contribution in [0, 0.1) is 0 Å². The third kappa shape index (κ3) is 3.42. The predicted octanol–water partition coefficient (Wildman–Crippen LogP) is 0.966. The SMILES string of the molecule is CCNc1ccc(C(=O)N(C)C(C)CO)cn1. The summed E-state index contributed by atoms with van der Waals surface area (Å²) in [6, 6.07) is 3.30. The molecule has 0 aliphatic heterocycles. The van der Waals surface area contributed by atoms with Gasteiger partial charge in [0.25, 0.3) is 5.91 Å². The van der Waals surface area contributed by atoms with Crippen LogP contribution in [0.15, 0.2) is 18.3 Å². The Morgan fingerprint density at radius 2 is 2.29 bits per heavy atom. The molecule has 17 heavy (non-hydrogen) atoms. The van der Waals surface area contributed by atoms with Gasteiger partial charge in [-0.25, -0.2) is 4.98 Å². The molecule has 0 spiro atoms. The number of aromatic nitrogens is 1. The van der Waals surface area contributed by atoms with Crippen LogP contribution in [-0.2, 0) is 0 Å². The number of carbonyl (C=O) groups excluding carboxylic acids is 1. The molecule has 94 valence electrons. The molecule has 1 unspecified atom stereocenters. The Balaban J connectivity index is 2.75. The van der Waals surface area contributed by atoms with Crippen LogP contribution in [0.5, 0.6) is 0 Å². The highest BCUT2D eigenvalue weighted by Gasteiger charge is 2.16. The lowest BCUT2D eigenvalue weighted by molar-refractivity contribution is 0.0682. The number of nitrogens with zero attached hydrogens (tertiary/aromatic N) is 2. The van der Waals surface area contributed by atoms with Crippen molar-refractivity contribution >= 4 is 11.7 Å². The molecular formula is C12H19N3O2. The predicted molar refractivity (Wildman–Crippen MR) is 67.0 cm³/mol. The van der Waals surface area contributed by atoms with E-state index in [9.17, 15) is 4.79 Å². The molecule has 0 bridgehead atoms. The van der Waals surface area contributed by atoms with Crippen molar-refractivity contribution in [3.05, 3.63) is 23.9 Å². The molecule has 1 amide bonds. The maximum atomic E-state index is 12.0. The summed E-state index contributed by atoms with van der Waals surface area (Å²) in [6.45, 7) is 4.52. The molecule has 0 aromatic carbocycles. The third-order valence-corrected chi connectivity index (χ3v) is 2.61. The second-order valence-corrected chi connectivity index (χ2v) is 3.91. The quantitative estimate of drug-likeness (QED) is 0.800. The van der Waals surface area contributed by atoms with Gasteiger partial charge in [-0.1, -0.05) is 0 Å².